The van der Waals surface area contributed by atoms with Gasteiger partial charge in [-0.1, -0.05) is 23.7 Å². The number of nitrogens with one attached hydrogen (secondary N) is 2. The minimum atomic E-state index is -0.915. The lowest BCUT2D eigenvalue weighted by Crippen LogP contribution is -2.34. The normalized spacial score (nSPS) is 10.2. The quantitative estimate of drug-likeness (QED) is 0.279. The number of hydrogen-bond donors (Lipinski definition) is 2. The van der Waals surface area contributed by atoms with Gasteiger partial charge in [-0.05, 0) is 46.9 Å². The van der Waals surface area contributed by atoms with Gasteiger partial charge in [0.15, 0.2) is 0 Å². The number of ether oxygens (including phenoxy) is 1. The molecule has 12 heteroatoms. The number of benzene rings is 2. The first-order valence-electron chi connectivity index (χ1n) is 8.14. The summed E-state index contributed by atoms with van der Waals surface area (Å²) < 4.78 is 6.32. The van der Waals surface area contributed by atoms with E-state index in [0.29, 0.717) is 0 Å². The molecule has 0 fully saturated rings. The summed E-state index contributed by atoms with van der Waals surface area (Å²) in [6.07, 6.45) is 3.15. The molecule has 2 aromatic carbocycles. The van der Waals surface area contributed by atoms with E-state index in [4.69, 9.17) is 16.3 Å². The Morgan fingerprint density at radius 2 is 1.83 bits per heavy atom. The van der Waals surface area contributed by atoms with E-state index in [9.17, 15) is 19.7 Å². The van der Waals surface area contributed by atoms with Gasteiger partial charge >= 0.3 is 12.0 Å². The lowest BCUT2D eigenvalue weighted by atomic mass is 10.1. The SMILES string of the molecule is O=C(NC(=O)c1ccccc1[N+](=O)[O-])Nc1ccc(Oc2ncc(I)cn2)c(Cl)c1. The molecule has 152 valence electrons. The van der Waals surface area contributed by atoms with E-state index >= 15 is 0 Å². The topological polar surface area (TPSA) is 136 Å². The van der Waals surface area contributed by atoms with E-state index < -0.39 is 22.5 Å². The van der Waals surface area contributed by atoms with E-state index in [1.807, 2.05) is 5.32 Å². The maximum atomic E-state index is 12.2. The van der Waals surface area contributed by atoms with Crippen molar-refractivity contribution in [3.05, 3.63) is 79.1 Å². The van der Waals surface area contributed by atoms with Crippen LogP contribution in [0.3, 0.4) is 0 Å². The van der Waals surface area contributed by atoms with Gasteiger partial charge in [-0.2, -0.15) is 0 Å². The molecule has 0 radical (unpaired) electrons. The van der Waals surface area contributed by atoms with Crippen molar-refractivity contribution in [2.45, 2.75) is 0 Å². The van der Waals surface area contributed by atoms with E-state index in [2.05, 4.69) is 37.9 Å². The van der Waals surface area contributed by atoms with Crippen LogP contribution in [0.5, 0.6) is 11.8 Å². The molecule has 3 aromatic rings. The highest BCUT2D eigenvalue weighted by molar-refractivity contribution is 14.1. The van der Waals surface area contributed by atoms with Crippen LogP contribution in [0.4, 0.5) is 16.2 Å². The second kappa shape index (κ2) is 9.45. The van der Waals surface area contributed by atoms with Gasteiger partial charge in [0, 0.05) is 27.7 Å². The summed E-state index contributed by atoms with van der Waals surface area (Å²) in [6, 6.07) is 8.89. The molecular weight excluding hydrogens is 529 g/mol. The fourth-order valence-electron chi connectivity index (χ4n) is 2.27. The first kappa shape index (κ1) is 21.4. The molecule has 1 heterocycles. The average molecular weight is 540 g/mol. The molecule has 0 saturated carbocycles. The third kappa shape index (κ3) is 5.39. The van der Waals surface area contributed by atoms with Gasteiger partial charge in [0.1, 0.15) is 11.3 Å². The number of rotatable bonds is 5. The molecule has 0 atom stereocenters. The van der Waals surface area contributed by atoms with Gasteiger partial charge in [-0.3, -0.25) is 20.2 Å². The zero-order valence-corrected chi connectivity index (χ0v) is 17.7. The standard InChI is InChI=1S/C18H11ClIN5O5/c19-13-7-11(5-6-15(13)30-18-21-8-10(20)9-22-18)23-17(27)24-16(26)12-3-1-2-4-14(12)25(28)29/h1-9H,(H2,23,24,26,27). The number of carbonyl (C=O) groups excluding carboxylic acids is 2. The Morgan fingerprint density at radius 1 is 1.13 bits per heavy atom. The number of aromatic nitrogens is 2. The minimum absolute atomic E-state index is 0.103. The summed E-state index contributed by atoms with van der Waals surface area (Å²) in [6.45, 7) is 0. The van der Waals surface area contributed by atoms with Crippen LogP contribution in [0.2, 0.25) is 5.02 Å². The van der Waals surface area contributed by atoms with Gasteiger partial charge in [0.2, 0.25) is 0 Å². The van der Waals surface area contributed by atoms with Crippen LogP contribution in [0.25, 0.3) is 0 Å². The summed E-state index contributed by atoms with van der Waals surface area (Å²) >= 11 is 8.21. The van der Waals surface area contributed by atoms with Crippen molar-refractivity contribution in [1.29, 1.82) is 0 Å². The van der Waals surface area contributed by atoms with Crippen LogP contribution in [0.1, 0.15) is 10.4 Å². The molecule has 2 N–H and O–H groups in total. The molecule has 3 rings (SSSR count). The molecule has 0 aliphatic heterocycles. The fraction of sp³-hybridized carbons (Fsp3) is 0. The third-order valence-electron chi connectivity index (χ3n) is 3.56. The van der Waals surface area contributed by atoms with Gasteiger partial charge in [-0.15, -0.1) is 0 Å². The Balaban J connectivity index is 1.65. The number of urea groups is 1. The zero-order chi connectivity index (χ0) is 21.7. The van der Waals surface area contributed by atoms with Crippen molar-refractivity contribution < 1.29 is 19.2 Å². The second-order valence-corrected chi connectivity index (χ2v) is 7.27. The van der Waals surface area contributed by atoms with Crippen molar-refractivity contribution in [1.82, 2.24) is 15.3 Å². The molecule has 30 heavy (non-hydrogen) atoms. The van der Waals surface area contributed by atoms with Gasteiger partial charge < -0.3 is 10.1 Å². The summed E-state index contributed by atoms with van der Waals surface area (Å²) in [4.78, 5) is 42.6. The van der Waals surface area contributed by atoms with Crippen molar-refractivity contribution in [2.24, 2.45) is 0 Å². The van der Waals surface area contributed by atoms with Crippen LogP contribution >= 0.6 is 34.2 Å². The second-order valence-electron chi connectivity index (χ2n) is 5.61. The number of para-hydroxylation sites is 1. The third-order valence-corrected chi connectivity index (χ3v) is 4.41. The molecule has 10 nitrogen and oxygen atoms in total. The number of hydrogen-bond acceptors (Lipinski definition) is 7. The largest absolute Gasteiger partial charge is 0.423 e. The highest BCUT2D eigenvalue weighted by atomic mass is 127. The summed E-state index contributed by atoms with van der Waals surface area (Å²) in [7, 11) is 0. The van der Waals surface area contributed by atoms with Gasteiger partial charge in [0.25, 0.3) is 11.6 Å². The molecule has 0 aliphatic rings. The minimum Gasteiger partial charge on any atom is -0.423 e. The first-order valence-corrected chi connectivity index (χ1v) is 9.60. The summed E-state index contributed by atoms with van der Waals surface area (Å²) in [5.74, 6) is -0.651. The number of amides is 3. The molecule has 0 aliphatic carbocycles. The van der Waals surface area contributed by atoms with Gasteiger partial charge in [0.05, 0.1) is 9.95 Å². The van der Waals surface area contributed by atoms with Crippen molar-refractivity contribution >= 4 is 57.5 Å². The maximum absolute atomic E-state index is 12.2. The number of nitro benzene ring substituents is 1. The predicted molar refractivity (Wildman–Crippen MR) is 116 cm³/mol. The summed E-state index contributed by atoms with van der Waals surface area (Å²) in [5, 5.41) is 15.6. The zero-order valence-electron chi connectivity index (χ0n) is 14.8. The number of anilines is 1. The molecule has 1 aromatic heterocycles. The Bertz CT molecular complexity index is 1130. The Kier molecular flexibility index (Phi) is 6.74. The number of carbonyl (C=O) groups is 2. The Labute approximate surface area is 187 Å². The molecule has 0 spiro atoms. The monoisotopic (exact) mass is 539 g/mol. The fourth-order valence-corrected chi connectivity index (χ4v) is 2.77. The van der Waals surface area contributed by atoms with E-state index in [1.54, 1.807) is 12.4 Å². The molecule has 0 unspecified atom stereocenters. The molecule has 0 saturated heterocycles. The van der Waals surface area contributed by atoms with Crippen LogP contribution in [0, 0.1) is 13.7 Å². The van der Waals surface area contributed by atoms with Crippen LogP contribution in [-0.4, -0.2) is 26.8 Å². The molecule has 0 bridgehead atoms. The smallest absolute Gasteiger partial charge is 0.326 e. The first-order chi connectivity index (χ1) is 14.3. The average Bonchev–Trinajstić information content (AvgIpc) is 2.71. The van der Waals surface area contributed by atoms with Crippen molar-refractivity contribution in [3.8, 4) is 11.8 Å². The maximum Gasteiger partial charge on any atom is 0.326 e. The van der Waals surface area contributed by atoms with Crippen LogP contribution < -0.4 is 15.4 Å². The van der Waals surface area contributed by atoms with Gasteiger partial charge in [-0.25, -0.2) is 14.8 Å². The predicted octanol–water partition coefficient (Wildman–Crippen LogP) is 4.40. The Hall–Kier alpha value is -3.32. The highest BCUT2D eigenvalue weighted by Crippen LogP contribution is 2.30. The van der Waals surface area contributed by atoms with Crippen LogP contribution in [0.15, 0.2) is 54.9 Å². The Morgan fingerprint density at radius 3 is 2.50 bits per heavy atom. The number of nitrogens with zero attached hydrogens (tertiary/aromatic N) is 3. The summed E-state index contributed by atoms with van der Waals surface area (Å²) in [5.41, 5.74) is -0.383. The number of imide groups is 1. The van der Waals surface area contributed by atoms with Crippen molar-refractivity contribution in [3.63, 3.8) is 0 Å². The highest BCUT2D eigenvalue weighted by Gasteiger charge is 2.21. The molecular formula is C18H11ClIN5O5. The number of halogens is 2. The van der Waals surface area contributed by atoms with E-state index in [1.165, 1.54) is 42.5 Å². The lowest BCUT2D eigenvalue weighted by molar-refractivity contribution is -0.385. The van der Waals surface area contributed by atoms with Crippen molar-refractivity contribution in [2.75, 3.05) is 5.32 Å². The van der Waals surface area contributed by atoms with E-state index in [0.717, 1.165) is 3.57 Å². The van der Waals surface area contributed by atoms with E-state index in [-0.39, 0.29) is 28.0 Å². The van der Waals surface area contributed by atoms with Crippen LogP contribution in [-0.2, 0) is 0 Å². The molecule has 3 amide bonds. The lowest BCUT2D eigenvalue weighted by Gasteiger charge is -2.10. The number of nitro groups is 1.